The minimum Gasteiger partial charge on any atom is -0.353 e. The van der Waals surface area contributed by atoms with Gasteiger partial charge in [-0.1, -0.05) is 26.2 Å². The lowest BCUT2D eigenvalue weighted by Crippen LogP contribution is -2.51. The first kappa shape index (κ1) is 17.3. The number of nitrogens with one attached hydrogen (secondary N) is 3. The normalized spacial score (nSPS) is 27.9. The summed E-state index contributed by atoms with van der Waals surface area (Å²) in [5, 5.41) is 9.43. The molecule has 5 nitrogen and oxygen atoms in total. The molecule has 126 valence electrons. The van der Waals surface area contributed by atoms with E-state index in [9.17, 15) is 9.59 Å². The Labute approximate surface area is 134 Å². The van der Waals surface area contributed by atoms with Gasteiger partial charge in [0.1, 0.15) is 0 Å². The smallest absolute Gasteiger partial charge is 0.223 e. The van der Waals surface area contributed by atoms with Crippen LogP contribution in [0.1, 0.15) is 58.8 Å². The number of amides is 2. The molecule has 1 aliphatic carbocycles. The van der Waals surface area contributed by atoms with E-state index >= 15 is 0 Å². The molecule has 0 aromatic rings. The highest BCUT2D eigenvalue weighted by atomic mass is 16.2. The van der Waals surface area contributed by atoms with Crippen LogP contribution in [0.25, 0.3) is 0 Å². The van der Waals surface area contributed by atoms with Gasteiger partial charge >= 0.3 is 0 Å². The van der Waals surface area contributed by atoms with Gasteiger partial charge in [0.2, 0.25) is 11.8 Å². The van der Waals surface area contributed by atoms with Gasteiger partial charge in [-0.15, -0.1) is 0 Å². The first-order chi connectivity index (χ1) is 10.6. The second kappa shape index (κ2) is 8.51. The predicted molar refractivity (Wildman–Crippen MR) is 87.4 cm³/mol. The van der Waals surface area contributed by atoms with E-state index in [1.54, 1.807) is 0 Å². The van der Waals surface area contributed by atoms with E-state index in [0.29, 0.717) is 12.3 Å². The number of carbonyl (C=O) groups excluding carboxylic acids is 2. The van der Waals surface area contributed by atoms with E-state index in [1.807, 2.05) is 6.92 Å². The van der Waals surface area contributed by atoms with Crippen molar-refractivity contribution in [2.45, 2.75) is 70.9 Å². The lowest BCUT2D eigenvalue weighted by Gasteiger charge is -2.30. The third-order valence-electron chi connectivity index (χ3n) is 5.03. The first-order valence-corrected chi connectivity index (χ1v) is 8.86. The van der Waals surface area contributed by atoms with Crippen LogP contribution in [0, 0.1) is 11.8 Å². The second-order valence-corrected chi connectivity index (χ2v) is 7.09. The molecule has 22 heavy (non-hydrogen) atoms. The summed E-state index contributed by atoms with van der Waals surface area (Å²) in [5.74, 6) is 0.837. The quantitative estimate of drug-likeness (QED) is 0.722. The Kier molecular flexibility index (Phi) is 6.68. The van der Waals surface area contributed by atoms with Gasteiger partial charge < -0.3 is 16.0 Å². The Bertz CT molecular complexity index is 380. The maximum absolute atomic E-state index is 12.2. The fraction of sp³-hybridized carbons (Fsp3) is 0.882. The van der Waals surface area contributed by atoms with Crippen molar-refractivity contribution >= 4 is 11.8 Å². The molecular formula is C17H31N3O2. The van der Waals surface area contributed by atoms with Gasteiger partial charge in [0.15, 0.2) is 0 Å². The summed E-state index contributed by atoms with van der Waals surface area (Å²) >= 11 is 0. The summed E-state index contributed by atoms with van der Waals surface area (Å²) in [4.78, 5) is 24.3. The molecule has 0 bridgehead atoms. The summed E-state index contributed by atoms with van der Waals surface area (Å²) in [6.07, 6.45) is 7.00. The van der Waals surface area contributed by atoms with Crippen LogP contribution in [0.4, 0.5) is 0 Å². The number of rotatable bonds is 5. The van der Waals surface area contributed by atoms with Gasteiger partial charge in [-0.05, 0) is 38.6 Å². The zero-order chi connectivity index (χ0) is 15.9. The lowest BCUT2D eigenvalue weighted by molar-refractivity contribution is -0.127. The summed E-state index contributed by atoms with van der Waals surface area (Å²) in [5.41, 5.74) is 0. The van der Waals surface area contributed by atoms with Gasteiger partial charge in [-0.3, -0.25) is 9.59 Å². The van der Waals surface area contributed by atoms with Crippen molar-refractivity contribution in [3.05, 3.63) is 0 Å². The SMILES string of the molecule is CC(CC(=O)NC1CNCCC1C)NC(=O)C1CCCCC1. The third-order valence-corrected chi connectivity index (χ3v) is 5.03. The molecule has 0 spiro atoms. The van der Waals surface area contributed by atoms with Crippen molar-refractivity contribution in [2.75, 3.05) is 13.1 Å². The molecular weight excluding hydrogens is 278 g/mol. The Morgan fingerprint density at radius 2 is 1.91 bits per heavy atom. The van der Waals surface area contributed by atoms with E-state index < -0.39 is 0 Å². The molecule has 3 atom stereocenters. The molecule has 2 aliphatic rings. The minimum atomic E-state index is -0.0960. The summed E-state index contributed by atoms with van der Waals surface area (Å²) in [6, 6.07) is 0.115. The Morgan fingerprint density at radius 3 is 2.59 bits per heavy atom. The molecule has 1 saturated carbocycles. The van der Waals surface area contributed by atoms with E-state index in [2.05, 4.69) is 22.9 Å². The van der Waals surface area contributed by atoms with Gasteiger partial charge in [-0.2, -0.15) is 0 Å². The molecule has 1 saturated heterocycles. The Hall–Kier alpha value is -1.10. The first-order valence-electron chi connectivity index (χ1n) is 8.86. The molecule has 5 heteroatoms. The van der Waals surface area contributed by atoms with Gasteiger partial charge in [0.25, 0.3) is 0 Å². The molecule has 1 heterocycles. The summed E-state index contributed by atoms with van der Waals surface area (Å²) < 4.78 is 0. The van der Waals surface area contributed by atoms with Crippen LogP contribution in [0.2, 0.25) is 0 Å². The molecule has 3 N–H and O–H groups in total. The fourth-order valence-electron chi connectivity index (χ4n) is 3.50. The fourth-order valence-corrected chi connectivity index (χ4v) is 3.50. The van der Waals surface area contributed by atoms with Crippen LogP contribution in [0.5, 0.6) is 0 Å². The predicted octanol–water partition coefficient (Wildman–Crippen LogP) is 1.58. The van der Waals surface area contributed by atoms with Crippen LogP contribution in [0.15, 0.2) is 0 Å². The second-order valence-electron chi connectivity index (χ2n) is 7.09. The molecule has 2 amide bonds. The largest absolute Gasteiger partial charge is 0.353 e. The molecule has 0 aromatic heterocycles. The standard InChI is InChI=1S/C17H31N3O2/c1-12-8-9-18-11-15(12)20-16(21)10-13(2)19-17(22)14-6-4-3-5-7-14/h12-15,18H,3-11H2,1-2H3,(H,19,22)(H,20,21). The Morgan fingerprint density at radius 1 is 1.18 bits per heavy atom. The highest BCUT2D eigenvalue weighted by Crippen LogP contribution is 2.23. The van der Waals surface area contributed by atoms with Gasteiger partial charge in [0.05, 0.1) is 0 Å². The number of piperidine rings is 1. The van der Waals surface area contributed by atoms with Crippen LogP contribution >= 0.6 is 0 Å². The average molecular weight is 309 g/mol. The van der Waals surface area contributed by atoms with Gasteiger partial charge in [0, 0.05) is 31.0 Å². The van der Waals surface area contributed by atoms with Crippen molar-refractivity contribution in [3.8, 4) is 0 Å². The van der Waals surface area contributed by atoms with E-state index in [0.717, 1.165) is 45.2 Å². The zero-order valence-corrected chi connectivity index (χ0v) is 14.0. The lowest BCUT2D eigenvalue weighted by atomic mass is 9.88. The molecule has 2 fully saturated rings. The molecule has 3 unspecified atom stereocenters. The van der Waals surface area contributed by atoms with Crippen molar-refractivity contribution in [2.24, 2.45) is 11.8 Å². The van der Waals surface area contributed by atoms with Crippen molar-refractivity contribution in [1.29, 1.82) is 0 Å². The maximum Gasteiger partial charge on any atom is 0.223 e. The van der Waals surface area contributed by atoms with Crippen molar-refractivity contribution in [1.82, 2.24) is 16.0 Å². The van der Waals surface area contributed by atoms with Crippen LogP contribution in [0.3, 0.4) is 0 Å². The average Bonchev–Trinajstić information content (AvgIpc) is 2.50. The highest BCUT2D eigenvalue weighted by Gasteiger charge is 2.25. The van der Waals surface area contributed by atoms with Gasteiger partial charge in [-0.25, -0.2) is 0 Å². The summed E-state index contributed by atoms with van der Waals surface area (Å²) in [7, 11) is 0. The Balaban J connectivity index is 1.70. The van der Waals surface area contributed by atoms with Crippen molar-refractivity contribution in [3.63, 3.8) is 0 Å². The maximum atomic E-state index is 12.2. The highest BCUT2D eigenvalue weighted by molar-refractivity contribution is 5.81. The monoisotopic (exact) mass is 309 g/mol. The zero-order valence-electron chi connectivity index (χ0n) is 14.0. The number of hydrogen-bond donors (Lipinski definition) is 3. The minimum absolute atomic E-state index is 0.0389. The van der Waals surface area contributed by atoms with Crippen molar-refractivity contribution < 1.29 is 9.59 Å². The molecule has 0 radical (unpaired) electrons. The third kappa shape index (κ3) is 5.27. The molecule has 2 rings (SSSR count). The van der Waals surface area contributed by atoms with Crippen LogP contribution in [-0.2, 0) is 9.59 Å². The topological polar surface area (TPSA) is 70.2 Å². The number of hydrogen-bond acceptors (Lipinski definition) is 3. The molecule has 1 aliphatic heterocycles. The summed E-state index contributed by atoms with van der Waals surface area (Å²) in [6.45, 7) is 5.97. The molecule has 0 aromatic carbocycles. The van der Waals surface area contributed by atoms with E-state index in [-0.39, 0.29) is 29.8 Å². The van der Waals surface area contributed by atoms with Crippen LogP contribution < -0.4 is 16.0 Å². The van der Waals surface area contributed by atoms with E-state index in [4.69, 9.17) is 0 Å². The van der Waals surface area contributed by atoms with Crippen LogP contribution in [-0.4, -0.2) is 37.0 Å². The number of carbonyl (C=O) groups is 2. The van der Waals surface area contributed by atoms with E-state index in [1.165, 1.54) is 6.42 Å².